The van der Waals surface area contributed by atoms with Crippen LogP contribution < -0.4 is 5.32 Å². The van der Waals surface area contributed by atoms with Gasteiger partial charge in [0.2, 0.25) is 0 Å². The van der Waals surface area contributed by atoms with Crippen molar-refractivity contribution < 1.29 is 0 Å². The Morgan fingerprint density at radius 2 is 2.00 bits per heavy atom. The average Bonchev–Trinajstić information content (AvgIpc) is 2.67. The number of pyridine rings is 1. The van der Waals surface area contributed by atoms with Gasteiger partial charge in [-0.05, 0) is 68.2 Å². The van der Waals surface area contributed by atoms with Crippen LogP contribution in [-0.2, 0) is 0 Å². The van der Waals surface area contributed by atoms with Gasteiger partial charge in [-0.3, -0.25) is 4.98 Å². The molecule has 3 nitrogen and oxygen atoms in total. The lowest BCUT2D eigenvalue weighted by Gasteiger charge is -2.40. The highest BCUT2D eigenvalue weighted by molar-refractivity contribution is 7.80. The lowest BCUT2D eigenvalue weighted by atomic mass is 9.92. The van der Waals surface area contributed by atoms with E-state index in [9.17, 15) is 0 Å². The second-order valence-electron chi connectivity index (χ2n) is 7.00. The molecule has 0 saturated heterocycles. The number of aromatic nitrogens is 1. The van der Waals surface area contributed by atoms with Gasteiger partial charge in [0.1, 0.15) is 0 Å². The van der Waals surface area contributed by atoms with E-state index >= 15 is 0 Å². The summed E-state index contributed by atoms with van der Waals surface area (Å²) < 4.78 is 0. The van der Waals surface area contributed by atoms with Crippen molar-refractivity contribution in [1.82, 2.24) is 9.88 Å². The van der Waals surface area contributed by atoms with E-state index in [4.69, 9.17) is 23.8 Å². The van der Waals surface area contributed by atoms with Gasteiger partial charge in [-0.2, -0.15) is 0 Å². The lowest BCUT2D eigenvalue weighted by molar-refractivity contribution is 0.203. The largest absolute Gasteiger partial charge is 0.339 e. The number of hydrogen-bond donors (Lipinski definition) is 1. The molecule has 0 radical (unpaired) electrons. The lowest BCUT2D eigenvalue weighted by Crippen LogP contribution is -2.45. The first kappa shape index (κ1) is 19.1. The van der Waals surface area contributed by atoms with E-state index in [1.807, 2.05) is 43.6 Å². The first-order valence-corrected chi connectivity index (χ1v) is 10.1. The first-order valence-electron chi connectivity index (χ1n) is 9.32. The third-order valence-electron chi connectivity index (χ3n) is 5.30. The summed E-state index contributed by atoms with van der Waals surface area (Å²) in [6.07, 6.45) is 9.96. The van der Waals surface area contributed by atoms with Gasteiger partial charge in [-0.15, -0.1) is 0 Å². The molecule has 0 bridgehead atoms. The van der Waals surface area contributed by atoms with E-state index in [1.54, 1.807) is 0 Å². The van der Waals surface area contributed by atoms with Crippen LogP contribution in [0.2, 0.25) is 5.02 Å². The highest BCUT2D eigenvalue weighted by atomic mass is 35.5. The van der Waals surface area contributed by atoms with Gasteiger partial charge < -0.3 is 10.2 Å². The smallest absolute Gasteiger partial charge is 0.174 e. The Balaban J connectivity index is 1.86. The molecular weight excluding hydrogens is 362 g/mol. The van der Waals surface area contributed by atoms with Crippen LogP contribution in [0.25, 0.3) is 0 Å². The van der Waals surface area contributed by atoms with Crippen LogP contribution in [0.4, 0.5) is 5.69 Å². The molecule has 1 fully saturated rings. The van der Waals surface area contributed by atoms with Crippen LogP contribution in [-0.4, -0.2) is 21.0 Å². The summed E-state index contributed by atoms with van der Waals surface area (Å²) in [6.45, 7) is 4.23. The van der Waals surface area contributed by atoms with Crippen molar-refractivity contribution in [3.63, 3.8) is 0 Å². The molecule has 1 aromatic heterocycles. The minimum atomic E-state index is 0.172. The van der Waals surface area contributed by atoms with Crippen molar-refractivity contribution in [3.05, 3.63) is 58.9 Å². The fourth-order valence-electron chi connectivity index (χ4n) is 3.72. The quantitative estimate of drug-likeness (QED) is 0.638. The number of hydrogen-bond acceptors (Lipinski definition) is 2. The molecule has 3 rings (SSSR count). The molecule has 1 aliphatic carbocycles. The van der Waals surface area contributed by atoms with Crippen molar-refractivity contribution in [2.75, 3.05) is 5.32 Å². The number of thiocarbonyl (C=S) groups is 1. The Morgan fingerprint density at radius 1 is 1.23 bits per heavy atom. The van der Waals surface area contributed by atoms with Gasteiger partial charge in [0.05, 0.1) is 6.04 Å². The van der Waals surface area contributed by atoms with Crippen molar-refractivity contribution >= 4 is 34.6 Å². The van der Waals surface area contributed by atoms with Crippen molar-refractivity contribution in [3.8, 4) is 0 Å². The predicted molar refractivity (Wildman–Crippen MR) is 114 cm³/mol. The number of benzene rings is 1. The van der Waals surface area contributed by atoms with Crippen LogP contribution in [0.15, 0.2) is 42.7 Å². The molecule has 0 spiro atoms. The van der Waals surface area contributed by atoms with E-state index in [0.29, 0.717) is 6.04 Å². The summed E-state index contributed by atoms with van der Waals surface area (Å²) in [7, 11) is 0. The van der Waals surface area contributed by atoms with Crippen LogP contribution in [0.3, 0.4) is 0 Å². The van der Waals surface area contributed by atoms with Gasteiger partial charge in [0.25, 0.3) is 0 Å². The van der Waals surface area contributed by atoms with Crippen LogP contribution in [0, 0.1) is 6.92 Å². The van der Waals surface area contributed by atoms with E-state index in [2.05, 4.69) is 28.2 Å². The fourth-order valence-corrected chi connectivity index (χ4v) is 4.32. The van der Waals surface area contributed by atoms with Crippen LogP contribution >= 0.6 is 23.8 Å². The van der Waals surface area contributed by atoms with Gasteiger partial charge in [-0.25, -0.2) is 0 Å². The molecular formula is C21H26ClN3S. The minimum absolute atomic E-state index is 0.172. The van der Waals surface area contributed by atoms with E-state index < -0.39 is 0 Å². The molecule has 1 aromatic carbocycles. The molecule has 0 unspecified atom stereocenters. The van der Waals surface area contributed by atoms with Crippen molar-refractivity contribution in [2.24, 2.45) is 0 Å². The molecule has 1 saturated carbocycles. The van der Waals surface area contributed by atoms with Crippen molar-refractivity contribution in [1.29, 1.82) is 0 Å². The number of nitrogens with one attached hydrogen (secondary N) is 1. The summed E-state index contributed by atoms with van der Waals surface area (Å²) in [6, 6.07) is 10.6. The van der Waals surface area contributed by atoms with Crippen molar-refractivity contribution in [2.45, 2.75) is 58.0 Å². The Hall–Kier alpha value is -1.65. The highest BCUT2D eigenvalue weighted by Crippen LogP contribution is 2.31. The standard InChI is InChI=1S/C21H26ClN3S/c1-15-19(22)11-6-12-20(15)24-21(26)25(18-9-4-3-5-10-18)16(2)17-8-7-13-23-14-17/h6-8,11-14,16,18H,3-5,9-10H2,1-2H3,(H,24,26)/t16-/m0/s1. The zero-order chi connectivity index (χ0) is 18.5. The zero-order valence-corrected chi connectivity index (χ0v) is 17.0. The summed E-state index contributed by atoms with van der Waals surface area (Å²) >= 11 is 12.1. The van der Waals surface area contributed by atoms with E-state index in [0.717, 1.165) is 21.4 Å². The monoisotopic (exact) mass is 387 g/mol. The first-order chi connectivity index (χ1) is 12.6. The second kappa shape index (κ2) is 8.83. The van der Waals surface area contributed by atoms with Gasteiger partial charge in [-0.1, -0.05) is 43.0 Å². The molecule has 1 aliphatic rings. The van der Waals surface area contributed by atoms with Gasteiger partial charge in [0.15, 0.2) is 5.11 Å². The molecule has 0 aliphatic heterocycles. The number of halogens is 1. The van der Waals surface area contributed by atoms with E-state index in [1.165, 1.54) is 37.7 Å². The van der Waals surface area contributed by atoms with Crippen LogP contribution in [0.1, 0.15) is 56.2 Å². The number of nitrogens with zero attached hydrogens (tertiary/aromatic N) is 2. The second-order valence-corrected chi connectivity index (χ2v) is 7.80. The van der Waals surface area contributed by atoms with E-state index in [-0.39, 0.29) is 6.04 Å². The summed E-state index contributed by atoms with van der Waals surface area (Å²) in [5.41, 5.74) is 3.18. The minimum Gasteiger partial charge on any atom is -0.339 e. The molecule has 1 N–H and O–H groups in total. The Bertz CT molecular complexity index is 744. The van der Waals surface area contributed by atoms with Gasteiger partial charge in [0, 0.05) is 29.1 Å². The molecule has 0 amide bonds. The molecule has 1 atom stereocenters. The number of anilines is 1. The molecule has 138 valence electrons. The Kier molecular flexibility index (Phi) is 6.49. The maximum atomic E-state index is 6.28. The molecule has 2 aromatic rings. The third kappa shape index (κ3) is 4.36. The van der Waals surface area contributed by atoms with Crippen LogP contribution in [0.5, 0.6) is 0 Å². The maximum absolute atomic E-state index is 6.28. The van der Waals surface area contributed by atoms with Gasteiger partial charge >= 0.3 is 0 Å². The maximum Gasteiger partial charge on any atom is 0.174 e. The SMILES string of the molecule is Cc1c(Cl)cccc1NC(=S)N(C1CCCCC1)[C@@H](C)c1cccnc1. The predicted octanol–water partition coefficient (Wildman–Crippen LogP) is 6.14. The summed E-state index contributed by atoms with van der Waals surface area (Å²) in [5.74, 6) is 0. The molecule has 26 heavy (non-hydrogen) atoms. The topological polar surface area (TPSA) is 28.2 Å². The third-order valence-corrected chi connectivity index (χ3v) is 6.02. The summed E-state index contributed by atoms with van der Waals surface area (Å²) in [5, 5.41) is 4.97. The normalized spacial score (nSPS) is 16.1. The summed E-state index contributed by atoms with van der Waals surface area (Å²) in [4.78, 5) is 6.66. The average molecular weight is 388 g/mol. The molecule has 5 heteroatoms. The Morgan fingerprint density at radius 3 is 2.69 bits per heavy atom. The Labute approximate surface area is 166 Å². The fraction of sp³-hybridized carbons (Fsp3) is 0.429. The zero-order valence-electron chi connectivity index (χ0n) is 15.4. The highest BCUT2D eigenvalue weighted by Gasteiger charge is 2.28. The number of rotatable bonds is 4. The molecule has 1 heterocycles.